The van der Waals surface area contributed by atoms with E-state index in [-0.39, 0.29) is 5.54 Å². The maximum atomic E-state index is 10.6. The summed E-state index contributed by atoms with van der Waals surface area (Å²) >= 11 is 0. The van der Waals surface area contributed by atoms with E-state index in [1.54, 1.807) is 0 Å². The van der Waals surface area contributed by atoms with Crippen LogP contribution in [0.1, 0.15) is 34.1 Å². The molecule has 0 heterocycles. The molecule has 0 N–H and O–H groups in total. The largest absolute Gasteiger partial charge is 0.301 e. The topological polar surface area (TPSA) is 20.3 Å². The van der Waals surface area contributed by atoms with E-state index in [1.165, 1.54) is 0 Å². The van der Waals surface area contributed by atoms with Gasteiger partial charge in [0.15, 0.2) is 0 Å². The van der Waals surface area contributed by atoms with Crippen LogP contribution in [0.15, 0.2) is 0 Å². The standard InChI is InChI=1S/C9H19NO/c1-6-8(2)10(5)9(3,4)7-11/h7-8H,6H2,1-5H3. The number of hydrogen-bond acceptors (Lipinski definition) is 2. The van der Waals surface area contributed by atoms with Crippen LogP contribution in [0.25, 0.3) is 0 Å². The van der Waals surface area contributed by atoms with Gasteiger partial charge in [0, 0.05) is 6.04 Å². The van der Waals surface area contributed by atoms with Crippen LogP contribution in [0.4, 0.5) is 0 Å². The lowest BCUT2D eigenvalue weighted by molar-refractivity contribution is -0.117. The van der Waals surface area contributed by atoms with Gasteiger partial charge in [-0.3, -0.25) is 4.90 Å². The number of aldehydes is 1. The van der Waals surface area contributed by atoms with E-state index in [0.717, 1.165) is 12.7 Å². The molecule has 1 atom stereocenters. The zero-order chi connectivity index (χ0) is 9.07. The summed E-state index contributed by atoms with van der Waals surface area (Å²) in [4.78, 5) is 12.7. The quantitative estimate of drug-likeness (QED) is 0.579. The van der Waals surface area contributed by atoms with Crippen LogP contribution in [-0.2, 0) is 4.79 Å². The fraction of sp³-hybridized carbons (Fsp3) is 0.889. The molecule has 0 amide bonds. The normalized spacial score (nSPS) is 15.1. The number of carbonyl (C=O) groups excluding carboxylic acids is 1. The summed E-state index contributed by atoms with van der Waals surface area (Å²) in [6.07, 6.45) is 2.08. The molecule has 1 unspecified atom stereocenters. The Balaban J connectivity index is 4.21. The zero-order valence-corrected chi connectivity index (χ0v) is 8.22. The predicted molar refractivity (Wildman–Crippen MR) is 47.7 cm³/mol. The lowest BCUT2D eigenvalue weighted by Crippen LogP contribution is -2.47. The lowest BCUT2D eigenvalue weighted by atomic mass is 10.0. The molecule has 0 spiro atoms. The van der Waals surface area contributed by atoms with E-state index >= 15 is 0 Å². The average Bonchev–Trinajstić information content (AvgIpc) is 2.01. The highest BCUT2D eigenvalue weighted by Crippen LogP contribution is 2.13. The van der Waals surface area contributed by atoms with Gasteiger partial charge in [-0.05, 0) is 34.2 Å². The molecular formula is C9H19NO. The third kappa shape index (κ3) is 2.62. The van der Waals surface area contributed by atoms with E-state index in [9.17, 15) is 4.79 Å². The molecule has 0 aliphatic heterocycles. The number of rotatable bonds is 4. The van der Waals surface area contributed by atoms with E-state index in [1.807, 2.05) is 20.9 Å². The van der Waals surface area contributed by atoms with Crippen molar-refractivity contribution in [2.75, 3.05) is 7.05 Å². The molecule has 0 rings (SSSR count). The van der Waals surface area contributed by atoms with Crippen molar-refractivity contribution in [3.63, 3.8) is 0 Å². The van der Waals surface area contributed by atoms with Gasteiger partial charge in [-0.2, -0.15) is 0 Å². The summed E-state index contributed by atoms with van der Waals surface area (Å²) in [5.74, 6) is 0. The summed E-state index contributed by atoms with van der Waals surface area (Å²) in [6.45, 7) is 8.13. The van der Waals surface area contributed by atoms with Crippen molar-refractivity contribution in [3.05, 3.63) is 0 Å². The van der Waals surface area contributed by atoms with Crippen LogP contribution >= 0.6 is 0 Å². The minimum absolute atomic E-state index is 0.324. The average molecular weight is 157 g/mol. The van der Waals surface area contributed by atoms with Crippen LogP contribution in [0.2, 0.25) is 0 Å². The van der Waals surface area contributed by atoms with Crippen molar-refractivity contribution in [3.8, 4) is 0 Å². The van der Waals surface area contributed by atoms with Crippen LogP contribution in [0.3, 0.4) is 0 Å². The van der Waals surface area contributed by atoms with E-state index in [4.69, 9.17) is 0 Å². The molecule has 0 aromatic heterocycles. The molecule has 0 aromatic carbocycles. The smallest absolute Gasteiger partial charge is 0.139 e. The van der Waals surface area contributed by atoms with Gasteiger partial charge in [-0.25, -0.2) is 0 Å². The van der Waals surface area contributed by atoms with E-state index in [0.29, 0.717) is 6.04 Å². The fourth-order valence-corrected chi connectivity index (χ4v) is 0.925. The Morgan fingerprint density at radius 1 is 1.55 bits per heavy atom. The van der Waals surface area contributed by atoms with Gasteiger partial charge in [-0.1, -0.05) is 6.92 Å². The maximum Gasteiger partial charge on any atom is 0.139 e. The summed E-state index contributed by atoms with van der Waals surface area (Å²) in [6, 6.07) is 0.468. The van der Waals surface area contributed by atoms with Crippen LogP contribution in [-0.4, -0.2) is 29.8 Å². The number of hydrogen-bond donors (Lipinski definition) is 0. The minimum atomic E-state index is -0.324. The first-order valence-electron chi connectivity index (χ1n) is 4.15. The molecule has 66 valence electrons. The SMILES string of the molecule is CCC(C)N(C)C(C)(C)C=O. The third-order valence-electron chi connectivity index (χ3n) is 2.45. The highest BCUT2D eigenvalue weighted by Gasteiger charge is 2.25. The first-order valence-corrected chi connectivity index (χ1v) is 4.15. The summed E-state index contributed by atoms with van der Waals surface area (Å²) < 4.78 is 0. The van der Waals surface area contributed by atoms with Gasteiger partial charge in [0.05, 0.1) is 5.54 Å². The molecular weight excluding hydrogens is 138 g/mol. The monoisotopic (exact) mass is 157 g/mol. The number of likely N-dealkylation sites (N-methyl/N-ethyl adjacent to an activating group) is 1. The molecule has 0 fully saturated rings. The molecule has 0 bridgehead atoms. The highest BCUT2D eigenvalue weighted by molar-refractivity contribution is 5.62. The first-order chi connectivity index (χ1) is 4.95. The first kappa shape index (κ1) is 10.6. The van der Waals surface area contributed by atoms with Gasteiger partial charge < -0.3 is 4.79 Å². The molecule has 11 heavy (non-hydrogen) atoms. The third-order valence-corrected chi connectivity index (χ3v) is 2.45. The molecule has 0 aromatic rings. The second kappa shape index (κ2) is 3.86. The molecule has 0 aliphatic rings. The predicted octanol–water partition coefficient (Wildman–Crippen LogP) is 1.69. The second-order valence-electron chi connectivity index (χ2n) is 3.64. The minimum Gasteiger partial charge on any atom is -0.301 e. The number of carbonyl (C=O) groups is 1. The van der Waals surface area contributed by atoms with Crippen LogP contribution in [0, 0.1) is 0 Å². The maximum absolute atomic E-state index is 10.6. The van der Waals surface area contributed by atoms with Gasteiger partial charge in [0.1, 0.15) is 6.29 Å². The summed E-state index contributed by atoms with van der Waals surface area (Å²) in [5.41, 5.74) is -0.324. The van der Waals surface area contributed by atoms with Gasteiger partial charge in [0.25, 0.3) is 0 Å². The zero-order valence-electron chi connectivity index (χ0n) is 8.22. The Bertz CT molecular complexity index is 132. The van der Waals surface area contributed by atoms with Crippen LogP contribution in [0.5, 0.6) is 0 Å². The molecule has 2 nitrogen and oxygen atoms in total. The van der Waals surface area contributed by atoms with Crippen molar-refractivity contribution in [2.24, 2.45) is 0 Å². The Labute approximate surface area is 69.6 Å². The fourth-order valence-electron chi connectivity index (χ4n) is 0.925. The van der Waals surface area contributed by atoms with Crippen molar-refractivity contribution >= 4 is 6.29 Å². The van der Waals surface area contributed by atoms with Crippen molar-refractivity contribution < 1.29 is 4.79 Å². The Morgan fingerprint density at radius 3 is 2.27 bits per heavy atom. The number of nitrogens with zero attached hydrogens (tertiary/aromatic N) is 1. The molecule has 0 saturated heterocycles. The van der Waals surface area contributed by atoms with Gasteiger partial charge >= 0.3 is 0 Å². The summed E-state index contributed by atoms with van der Waals surface area (Å²) in [5, 5.41) is 0. The Hall–Kier alpha value is -0.370. The Morgan fingerprint density at radius 2 is 2.00 bits per heavy atom. The molecule has 0 aliphatic carbocycles. The lowest BCUT2D eigenvalue weighted by Gasteiger charge is -2.35. The molecule has 2 heteroatoms. The summed E-state index contributed by atoms with van der Waals surface area (Å²) in [7, 11) is 1.99. The van der Waals surface area contributed by atoms with E-state index < -0.39 is 0 Å². The van der Waals surface area contributed by atoms with Crippen molar-refractivity contribution in [2.45, 2.75) is 45.7 Å². The molecule has 0 saturated carbocycles. The molecule has 0 radical (unpaired) electrons. The van der Waals surface area contributed by atoms with E-state index in [2.05, 4.69) is 18.7 Å². The van der Waals surface area contributed by atoms with Crippen molar-refractivity contribution in [1.82, 2.24) is 4.90 Å². The second-order valence-corrected chi connectivity index (χ2v) is 3.64. The Kier molecular flexibility index (Phi) is 3.73. The van der Waals surface area contributed by atoms with Crippen LogP contribution < -0.4 is 0 Å². The van der Waals surface area contributed by atoms with Gasteiger partial charge in [-0.15, -0.1) is 0 Å². The van der Waals surface area contributed by atoms with Gasteiger partial charge in [0.2, 0.25) is 0 Å². The highest BCUT2D eigenvalue weighted by atomic mass is 16.1. The van der Waals surface area contributed by atoms with Crippen molar-refractivity contribution in [1.29, 1.82) is 0 Å².